The van der Waals surface area contributed by atoms with Gasteiger partial charge >= 0.3 is 21.3 Å². The van der Waals surface area contributed by atoms with Gasteiger partial charge in [-0.05, 0) is 5.92 Å². The normalized spacial score (nSPS) is 12.6. The van der Waals surface area contributed by atoms with Crippen molar-refractivity contribution in [3.63, 3.8) is 0 Å². The quantitative estimate of drug-likeness (QED) is 0.291. The predicted molar refractivity (Wildman–Crippen MR) is 95.8 cm³/mol. The van der Waals surface area contributed by atoms with Crippen LogP contribution in [0.1, 0.15) is 5.69 Å². The molecule has 2 aromatic heterocycles. The van der Waals surface area contributed by atoms with Crippen LogP contribution in [0, 0.1) is 11.5 Å². The smallest absolute Gasteiger partial charge is 0.352 e. The van der Waals surface area contributed by atoms with Crippen molar-refractivity contribution < 1.29 is 25.8 Å². The van der Waals surface area contributed by atoms with Gasteiger partial charge in [0.25, 0.3) is 11.4 Å². The van der Waals surface area contributed by atoms with Crippen LogP contribution >= 0.6 is 0 Å². The van der Waals surface area contributed by atoms with Crippen LogP contribution in [0.15, 0.2) is 9.59 Å². The fraction of sp³-hybridized carbons (Fsp3) is 0.429. The molecule has 0 N–H and O–H groups in total. The summed E-state index contributed by atoms with van der Waals surface area (Å²) < 4.78 is 66.5. The summed E-state index contributed by atoms with van der Waals surface area (Å²) >= 11 is 0. The standard InChI is InChI=1S/C14H15F3N4O5SSi/c1-20-10-9(12(22)21(2)13(20)23)19-11(26-27(24,25)14(15,16)17)8(18-10)6-7-28(3,4)5/h1-5H3. The Morgan fingerprint density at radius 3 is 2.14 bits per heavy atom. The second-order valence-electron chi connectivity index (χ2n) is 6.74. The highest BCUT2D eigenvalue weighted by molar-refractivity contribution is 7.87. The van der Waals surface area contributed by atoms with E-state index in [0.717, 1.165) is 11.6 Å². The number of rotatable bonds is 2. The molecule has 0 unspecified atom stereocenters. The third-order valence-electron chi connectivity index (χ3n) is 3.27. The van der Waals surface area contributed by atoms with Gasteiger partial charge in [-0.25, -0.2) is 14.8 Å². The average molecular weight is 436 g/mol. The van der Waals surface area contributed by atoms with E-state index in [1.54, 1.807) is 0 Å². The van der Waals surface area contributed by atoms with Crippen molar-refractivity contribution in [2.45, 2.75) is 25.1 Å². The van der Waals surface area contributed by atoms with Crippen molar-refractivity contribution in [3.05, 3.63) is 26.5 Å². The lowest BCUT2D eigenvalue weighted by Crippen LogP contribution is -2.38. The molecule has 0 aliphatic heterocycles. The van der Waals surface area contributed by atoms with Crippen molar-refractivity contribution in [3.8, 4) is 17.3 Å². The molecule has 0 aliphatic carbocycles. The Balaban J connectivity index is 2.92. The molecule has 0 atom stereocenters. The third-order valence-corrected chi connectivity index (χ3v) is 5.09. The highest BCUT2D eigenvalue weighted by atomic mass is 32.2. The number of fused-ring (bicyclic) bond motifs is 1. The Morgan fingerprint density at radius 1 is 1.07 bits per heavy atom. The number of aromatic nitrogens is 4. The zero-order chi connectivity index (χ0) is 21.7. The molecule has 152 valence electrons. The molecule has 2 heterocycles. The van der Waals surface area contributed by atoms with E-state index in [1.165, 1.54) is 7.05 Å². The molecule has 0 aromatic carbocycles. The maximum absolute atomic E-state index is 12.7. The second kappa shape index (κ2) is 6.74. The van der Waals surface area contributed by atoms with E-state index in [0.29, 0.717) is 4.57 Å². The number of aryl methyl sites for hydroxylation is 1. The zero-order valence-electron chi connectivity index (χ0n) is 15.4. The fourth-order valence-electron chi connectivity index (χ4n) is 1.89. The summed E-state index contributed by atoms with van der Waals surface area (Å²) in [7, 11) is -5.75. The maximum Gasteiger partial charge on any atom is 0.534 e. The Hall–Kier alpha value is -2.66. The second-order valence-corrected chi connectivity index (χ2v) is 13.0. The highest BCUT2D eigenvalue weighted by Gasteiger charge is 2.49. The van der Waals surface area contributed by atoms with Crippen LogP contribution in [0.5, 0.6) is 5.88 Å². The van der Waals surface area contributed by atoms with Crippen LogP contribution in [0.4, 0.5) is 13.2 Å². The van der Waals surface area contributed by atoms with E-state index in [1.807, 2.05) is 19.6 Å². The fourth-order valence-corrected chi connectivity index (χ4v) is 2.80. The predicted octanol–water partition coefficient (Wildman–Crippen LogP) is 0.484. The number of nitrogens with zero attached hydrogens (tertiary/aromatic N) is 4. The molecule has 2 rings (SSSR count). The topological polar surface area (TPSA) is 113 Å². The summed E-state index contributed by atoms with van der Waals surface area (Å²) in [6, 6.07) is 0. The Kier molecular flexibility index (Phi) is 5.21. The number of hydrogen-bond acceptors (Lipinski definition) is 7. The summed E-state index contributed by atoms with van der Waals surface area (Å²) in [5, 5.41) is 0. The first-order chi connectivity index (χ1) is 12.5. The van der Waals surface area contributed by atoms with Gasteiger partial charge in [-0.1, -0.05) is 19.6 Å². The number of hydrogen-bond donors (Lipinski definition) is 0. The van der Waals surface area contributed by atoms with E-state index < -0.39 is 52.0 Å². The van der Waals surface area contributed by atoms with Gasteiger partial charge in [0.15, 0.2) is 16.9 Å². The summed E-state index contributed by atoms with van der Waals surface area (Å²) in [6.07, 6.45) is 0. The van der Waals surface area contributed by atoms with Gasteiger partial charge in [-0.2, -0.15) is 21.6 Å². The molecule has 0 bridgehead atoms. The van der Waals surface area contributed by atoms with E-state index in [-0.39, 0.29) is 5.65 Å². The van der Waals surface area contributed by atoms with Gasteiger partial charge in [0.1, 0.15) is 8.07 Å². The van der Waals surface area contributed by atoms with Crippen LogP contribution in [0.3, 0.4) is 0 Å². The Labute approximate surface area is 157 Å². The lowest BCUT2D eigenvalue weighted by molar-refractivity contribution is -0.0501. The van der Waals surface area contributed by atoms with Gasteiger partial charge in [0.05, 0.1) is 0 Å². The van der Waals surface area contributed by atoms with Crippen LogP contribution in [-0.4, -0.2) is 41.1 Å². The van der Waals surface area contributed by atoms with E-state index in [2.05, 4.69) is 25.6 Å². The lowest BCUT2D eigenvalue weighted by Gasteiger charge is -2.12. The number of alkyl halides is 3. The average Bonchev–Trinajstić information content (AvgIpc) is 2.54. The molecular formula is C14H15F3N4O5SSi. The largest absolute Gasteiger partial charge is 0.534 e. The molecular weight excluding hydrogens is 421 g/mol. The first-order valence-electron chi connectivity index (χ1n) is 7.57. The van der Waals surface area contributed by atoms with Gasteiger partial charge in [-0.3, -0.25) is 13.9 Å². The van der Waals surface area contributed by atoms with Crippen molar-refractivity contribution in [2.75, 3.05) is 0 Å². The van der Waals surface area contributed by atoms with Crippen molar-refractivity contribution in [1.29, 1.82) is 0 Å². The van der Waals surface area contributed by atoms with E-state index >= 15 is 0 Å². The molecule has 0 saturated carbocycles. The molecule has 0 aliphatic rings. The summed E-state index contributed by atoms with van der Waals surface area (Å²) in [5.41, 5.74) is -6.03. The van der Waals surface area contributed by atoms with E-state index in [4.69, 9.17) is 0 Å². The molecule has 0 spiro atoms. The molecule has 0 radical (unpaired) electrons. The van der Waals surface area contributed by atoms with Crippen LogP contribution in [-0.2, 0) is 24.2 Å². The molecule has 2 aromatic rings. The first kappa shape index (κ1) is 21.6. The van der Waals surface area contributed by atoms with E-state index in [9.17, 15) is 31.2 Å². The summed E-state index contributed by atoms with van der Waals surface area (Å²) in [4.78, 5) is 31.7. The summed E-state index contributed by atoms with van der Waals surface area (Å²) in [5.74, 6) is 1.37. The van der Waals surface area contributed by atoms with Gasteiger partial charge < -0.3 is 4.18 Å². The van der Waals surface area contributed by atoms with Crippen molar-refractivity contribution >= 4 is 29.4 Å². The number of halogens is 3. The highest BCUT2D eigenvalue weighted by Crippen LogP contribution is 2.27. The van der Waals surface area contributed by atoms with Gasteiger partial charge in [0.2, 0.25) is 0 Å². The minimum absolute atomic E-state index is 0.273. The van der Waals surface area contributed by atoms with Crippen molar-refractivity contribution in [1.82, 2.24) is 19.1 Å². The minimum Gasteiger partial charge on any atom is -0.352 e. The molecule has 0 saturated heterocycles. The molecule has 9 nitrogen and oxygen atoms in total. The van der Waals surface area contributed by atoms with Crippen LogP contribution in [0.25, 0.3) is 11.2 Å². The van der Waals surface area contributed by atoms with Crippen molar-refractivity contribution in [2.24, 2.45) is 14.1 Å². The first-order valence-corrected chi connectivity index (χ1v) is 12.5. The minimum atomic E-state index is -6.07. The molecule has 0 fully saturated rings. The maximum atomic E-state index is 12.7. The lowest BCUT2D eigenvalue weighted by atomic mass is 10.4. The van der Waals surface area contributed by atoms with Gasteiger partial charge in [0, 0.05) is 14.1 Å². The van der Waals surface area contributed by atoms with Crippen LogP contribution in [0.2, 0.25) is 19.6 Å². The molecule has 0 amide bonds. The Bertz CT molecular complexity index is 1250. The summed E-state index contributed by atoms with van der Waals surface area (Å²) in [6.45, 7) is 5.48. The van der Waals surface area contributed by atoms with Crippen LogP contribution < -0.4 is 15.4 Å². The molecule has 14 heteroatoms. The zero-order valence-corrected chi connectivity index (χ0v) is 17.2. The monoisotopic (exact) mass is 436 g/mol. The molecule has 28 heavy (non-hydrogen) atoms. The SMILES string of the molecule is Cn1c(=O)c2nc(OS(=O)(=O)C(F)(F)F)c(C#C[Si](C)(C)C)nc2n(C)c1=O. The Morgan fingerprint density at radius 2 is 1.64 bits per heavy atom. The van der Waals surface area contributed by atoms with Gasteiger partial charge in [-0.15, -0.1) is 5.54 Å². The third kappa shape index (κ3) is 4.09.